The SMILES string of the molecule is CC(NC[C@H]1C[C@@H](O)CN1c1cc(N(C)C)ncn1)c1cnn2ncccc12. The van der Waals surface area contributed by atoms with Crippen molar-refractivity contribution in [3.05, 3.63) is 42.5 Å². The van der Waals surface area contributed by atoms with Gasteiger partial charge in [-0.3, -0.25) is 0 Å². The Morgan fingerprint density at radius 2 is 2.18 bits per heavy atom. The molecular weight excluding hydrogens is 356 g/mol. The van der Waals surface area contributed by atoms with Crippen molar-refractivity contribution in [2.24, 2.45) is 0 Å². The zero-order valence-corrected chi connectivity index (χ0v) is 16.4. The van der Waals surface area contributed by atoms with E-state index in [0.717, 1.165) is 29.3 Å². The number of anilines is 2. The second-order valence-corrected chi connectivity index (χ2v) is 7.45. The molecule has 0 amide bonds. The van der Waals surface area contributed by atoms with Crippen molar-refractivity contribution in [1.82, 2.24) is 30.1 Å². The van der Waals surface area contributed by atoms with Crippen LogP contribution in [-0.2, 0) is 0 Å². The molecule has 1 saturated heterocycles. The molecule has 0 aromatic carbocycles. The number of rotatable bonds is 6. The molecule has 0 radical (unpaired) electrons. The molecule has 4 rings (SSSR count). The number of hydrogen-bond acceptors (Lipinski definition) is 8. The number of aliphatic hydroxyl groups excluding tert-OH is 1. The van der Waals surface area contributed by atoms with Gasteiger partial charge < -0.3 is 20.2 Å². The molecule has 3 aromatic rings. The van der Waals surface area contributed by atoms with Gasteiger partial charge in [0, 0.05) is 57.1 Å². The number of aromatic nitrogens is 5. The Morgan fingerprint density at radius 3 is 3.00 bits per heavy atom. The van der Waals surface area contributed by atoms with Gasteiger partial charge in [-0.15, -0.1) is 0 Å². The Bertz CT molecular complexity index is 942. The molecule has 0 saturated carbocycles. The van der Waals surface area contributed by atoms with Gasteiger partial charge in [0.05, 0.1) is 17.8 Å². The maximum Gasteiger partial charge on any atom is 0.134 e. The number of hydrogen-bond donors (Lipinski definition) is 2. The summed E-state index contributed by atoms with van der Waals surface area (Å²) in [5.74, 6) is 1.69. The lowest BCUT2D eigenvalue weighted by molar-refractivity contribution is 0.193. The van der Waals surface area contributed by atoms with E-state index in [2.05, 4.69) is 37.3 Å². The lowest BCUT2D eigenvalue weighted by Gasteiger charge is -2.27. The summed E-state index contributed by atoms with van der Waals surface area (Å²) in [6, 6.07) is 6.17. The Balaban J connectivity index is 1.48. The normalized spacial score (nSPS) is 20.6. The maximum atomic E-state index is 10.3. The Hall–Kier alpha value is -2.78. The van der Waals surface area contributed by atoms with Crippen LogP contribution in [0, 0.1) is 0 Å². The van der Waals surface area contributed by atoms with Gasteiger partial charge in [0.2, 0.25) is 0 Å². The summed E-state index contributed by atoms with van der Waals surface area (Å²) >= 11 is 0. The van der Waals surface area contributed by atoms with Gasteiger partial charge in [0.25, 0.3) is 0 Å². The van der Waals surface area contributed by atoms with Crippen LogP contribution in [0.5, 0.6) is 0 Å². The molecule has 148 valence electrons. The van der Waals surface area contributed by atoms with Crippen LogP contribution in [0.2, 0.25) is 0 Å². The first-order valence-corrected chi connectivity index (χ1v) is 9.49. The molecule has 4 heterocycles. The van der Waals surface area contributed by atoms with Gasteiger partial charge in [-0.25, -0.2) is 9.97 Å². The number of nitrogens with one attached hydrogen (secondary N) is 1. The summed E-state index contributed by atoms with van der Waals surface area (Å²) in [4.78, 5) is 12.8. The first-order chi connectivity index (χ1) is 13.5. The van der Waals surface area contributed by atoms with E-state index in [1.807, 2.05) is 43.4 Å². The first kappa shape index (κ1) is 18.6. The first-order valence-electron chi connectivity index (χ1n) is 9.49. The highest BCUT2D eigenvalue weighted by Crippen LogP contribution is 2.26. The smallest absolute Gasteiger partial charge is 0.134 e. The Kier molecular flexibility index (Phi) is 5.10. The summed E-state index contributed by atoms with van der Waals surface area (Å²) in [5.41, 5.74) is 2.10. The predicted octanol–water partition coefficient (Wildman–Crippen LogP) is 0.876. The summed E-state index contributed by atoms with van der Waals surface area (Å²) in [5, 5.41) is 22.4. The molecule has 1 unspecified atom stereocenters. The third-order valence-electron chi connectivity index (χ3n) is 5.24. The van der Waals surface area contributed by atoms with Crippen molar-refractivity contribution in [2.75, 3.05) is 37.0 Å². The zero-order chi connectivity index (χ0) is 19.7. The standard InChI is InChI=1S/C19H26N8O/c1-13(16-10-24-27-17(16)5-4-6-23-27)20-9-14-7-15(28)11-26(14)19-8-18(25(2)3)21-12-22-19/h4-6,8,10,12-15,20,28H,7,9,11H2,1-3H3/t13?,14-,15-/m1/s1. The summed E-state index contributed by atoms with van der Waals surface area (Å²) < 4.78 is 1.64. The minimum atomic E-state index is -0.360. The van der Waals surface area contributed by atoms with E-state index in [1.165, 1.54) is 0 Å². The predicted molar refractivity (Wildman–Crippen MR) is 108 cm³/mol. The molecule has 1 aliphatic rings. The van der Waals surface area contributed by atoms with E-state index in [9.17, 15) is 5.11 Å². The van der Waals surface area contributed by atoms with E-state index >= 15 is 0 Å². The van der Waals surface area contributed by atoms with E-state index in [4.69, 9.17) is 0 Å². The highest BCUT2D eigenvalue weighted by molar-refractivity contribution is 5.54. The van der Waals surface area contributed by atoms with Crippen molar-refractivity contribution < 1.29 is 5.11 Å². The minimum Gasteiger partial charge on any atom is -0.391 e. The lowest BCUT2D eigenvalue weighted by Crippen LogP contribution is -2.39. The molecule has 0 aliphatic carbocycles. The third-order valence-corrected chi connectivity index (χ3v) is 5.24. The quantitative estimate of drug-likeness (QED) is 0.649. The fraction of sp³-hybridized carbons (Fsp3) is 0.474. The van der Waals surface area contributed by atoms with Crippen LogP contribution in [0.25, 0.3) is 5.52 Å². The number of β-amino-alcohol motifs (C(OH)–C–C–N with tert-alkyl or cyclic N) is 1. The minimum absolute atomic E-state index is 0.115. The third kappa shape index (κ3) is 3.63. The number of aliphatic hydroxyl groups is 1. The van der Waals surface area contributed by atoms with Crippen LogP contribution in [0.4, 0.5) is 11.6 Å². The molecule has 9 heteroatoms. The second-order valence-electron chi connectivity index (χ2n) is 7.45. The second kappa shape index (κ2) is 7.69. The molecule has 0 spiro atoms. The number of nitrogens with zero attached hydrogens (tertiary/aromatic N) is 7. The van der Waals surface area contributed by atoms with E-state index in [1.54, 1.807) is 17.2 Å². The maximum absolute atomic E-state index is 10.3. The Morgan fingerprint density at radius 1 is 1.32 bits per heavy atom. The van der Waals surface area contributed by atoms with Crippen molar-refractivity contribution >= 4 is 17.2 Å². The molecule has 2 N–H and O–H groups in total. The highest BCUT2D eigenvalue weighted by atomic mass is 16.3. The van der Waals surface area contributed by atoms with Crippen molar-refractivity contribution in [2.45, 2.75) is 31.5 Å². The number of fused-ring (bicyclic) bond motifs is 1. The summed E-state index contributed by atoms with van der Waals surface area (Å²) in [6.07, 6.45) is 5.51. The molecule has 1 fully saturated rings. The van der Waals surface area contributed by atoms with Crippen molar-refractivity contribution in [3.63, 3.8) is 0 Å². The average molecular weight is 382 g/mol. The molecule has 0 bridgehead atoms. The monoisotopic (exact) mass is 382 g/mol. The molecule has 9 nitrogen and oxygen atoms in total. The van der Waals surface area contributed by atoms with Crippen LogP contribution in [0.1, 0.15) is 24.9 Å². The van der Waals surface area contributed by atoms with Crippen LogP contribution in [0.15, 0.2) is 36.9 Å². The van der Waals surface area contributed by atoms with E-state index < -0.39 is 0 Å². The van der Waals surface area contributed by atoms with Gasteiger partial charge in [-0.05, 0) is 25.5 Å². The molecule has 3 aromatic heterocycles. The van der Waals surface area contributed by atoms with Crippen LogP contribution >= 0.6 is 0 Å². The summed E-state index contributed by atoms with van der Waals surface area (Å²) in [7, 11) is 3.91. The highest BCUT2D eigenvalue weighted by Gasteiger charge is 2.32. The van der Waals surface area contributed by atoms with Crippen LogP contribution in [0.3, 0.4) is 0 Å². The lowest BCUT2D eigenvalue weighted by atomic mass is 10.1. The van der Waals surface area contributed by atoms with Gasteiger partial charge in [-0.1, -0.05) is 0 Å². The largest absolute Gasteiger partial charge is 0.391 e. The topological polar surface area (TPSA) is 94.7 Å². The van der Waals surface area contributed by atoms with Gasteiger partial charge >= 0.3 is 0 Å². The Labute approximate surface area is 164 Å². The van der Waals surface area contributed by atoms with Gasteiger partial charge in [0.1, 0.15) is 18.0 Å². The van der Waals surface area contributed by atoms with Crippen molar-refractivity contribution in [1.29, 1.82) is 0 Å². The fourth-order valence-corrected chi connectivity index (χ4v) is 3.71. The van der Waals surface area contributed by atoms with Crippen molar-refractivity contribution in [3.8, 4) is 0 Å². The molecule has 3 atom stereocenters. The van der Waals surface area contributed by atoms with E-state index in [0.29, 0.717) is 13.0 Å². The zero-order valence-electron chi connectivity index (χ0n) is 16.4. The van der Waals surface area contributed by atoms with Crippen LogP contribution < -0.4 is 15.1 Å². The van der Waals surface area contributed by atoms with E-state index in [-0.39, 0.29) is 18.2 Å². The fourth-order valence-electron chi connectivity index (χ4n) is 3.71. The van der Waals surface area contributed by atoms with Gasteiger partial charge in [0.15, 0.2) is 0 Å². The van der Waals surface area contributed by atoms with Gasteiger partial charge in [-0.2, -0.15) is 14.8 Å². The molecule has 1 aliphatic heterocycles. The molecular formula is C19H26N8O. The molecule has 28 heavy (non-hydrogen) atoms. The summed E-state index contributed by atoms with van der Waals surface area (Å²) in [6.45, 7) is 3.43. The van der Waals surface area contributed by atoms with Crippen LogP contribution in [-0.4, -0.2) is 69.2 Å². The average Bonchev–Trinajstić information content (AvgIpc) is 3.29.